The number of rotatable bonds is 4. The van der Waals surface area contributed by atoms with Crippen LogP contribution >= 0.6 is 38.6 Å². The molecule has 190 valence electrons. The predicted molar refractivity (Wildman–Crippen MR) is 147 cm³/mol. The lowest BCUT2D eigenvalue weighted by molar-refractivity contribution is 0.0124. The Morgan fingerprint density at radius 3 is 2.34 bits per heavy atom. The number of ether oxygens (including phenoxy) is 1. The highest BCUT2D eigenvalue weighted by Gasteiger charge is 2.46. The van der Waals surface area contributed by atoms with Crippen molar-refractivity contribution in [1.82, 2.24) is 29.3 Å². The van der Waals surface area contributed by atoms with Crippen LogP contribution in [0, 0.1) is 0 Å². The van der Waals surface area contributed by atoms with Crippen molar-refractivity contribution in [3.05, 3.63) is 47.0 Å². The Hall–Kier alpha value is -2.21. The summed E-state index contributed by atoms with van der Waals surface area (Å²) in [5, 5.41) is 0.113. The van der Waals surface area contributed by atoms with Crippen molar-refractivity contribution in [1.29, 1.82) is 0 Å². The van der Waals surface area contributed by atoms with E-state index in [1.54, 1.807) is 6.33 Å². The Labute approximate surface area is 223 Å². The molecule has 35 heavy (non-hydrogen) atoms. The van der Waals surface area contributed by atoms with Crippen LogP contribution in [-0.4, -0.2) is 66.2 Å². The Morgan fingerprint density at radius 2 is 1.74 bits per heavy atom. The molecule has 0 aliphatic carbocycles. The molecule has 3 aromatic rings. The number of nitrogens with two attached hydrogens (primary N) is 1. The maximum atomic E-state index is 12.5. The van der Waals surface area contributed by atoms with Gasteiger partial charge in [-0.2, -0.15) is 37.0 Å². The molecule has 12 heteroatoms. The van der Waals surface area contributed by atoms with E-state index in [4.69, 9.17) is 22.1 Å². The summed E-state index contributed by atoms with van der Waals surface area (Å²) in [4.78, 5) is 29.4. The molecule has 2 aliphatic heterocycles. The van der Waals surface area contributed by atoms with Gasteiger partial charge in [0.25, 0.3) is 0 Å². The van der Waals surface area contributed by atoms with E-state index < -0.39 is 5.60 Å². The molecule has 5 rings (SSSR count). The van der Waals surface area contributed by atoms with Crippen molar-refractivity contribution in [3.63, 3.8) is 0 Å². The molecule has 4 heterocycles. The summed E-state index contributed by atoms with van der Waals surface area (Å²) in [5.74, 6) is 0.282. The maximum absolute atomic E-state index is 12.5. The van der Waals surface area contributed by atoms with Gasteiger partial charge in [0.1, 0.15) is 11.1 Å². The fraction of sp³-hybridized carbons (Fsp3) is 0.478. The van der Waals surface area contributed by atoms with Crippen LogP contribution in [0.15, 0.2) is 30.6 Å². The Morgan fingerprint density at radius 1 is 1.09 bits per heavy atom. The first-order valence-corrected chi connectivity index (χ1v) is 11.5. The smallest absolute Gasteiger partial charge is 0.410 e. The van der Waals surface area contributed by atoms with E-state index in [0.717, 1.165) is 31.6 Å². The van der Waals surface area contributed by atoms with Crippen LogP contribution in [0.4, 0.5) is 10.6 Å². The zero-order valence-corrected chi connectivity index (χ0v) is 22.8. The van der Waals surface area contributed by atoms with E-state index in [2.05, 4.69) is 44.1 Å². The van der Waals surface area contributed by atoms with Crippen LogP contribution in [0.2, 0.25) is 5.28 Å². The van der Waals surface area contributed by atoms with Gasteiger partial charge in [0, 0.05) is 31.7 Å². The van der Waals surface area contributed by atoms with Gasteiger partial charge in [-0.15, -0.1) is 0 Å². The molecule has 0 spiro atoms. The minimum atomic E-state index is -0.463. The van der Waals surface area contributed by atoms with E-state index in [9.17, 15) is 4.79 Å². The second kappa shape index (κ2) is 10.4. The first-order valence-electron chi connectivity index (χ1n) is 11.1. The zero-order chi connectivity index (χ0) is 23.3. The third kappa shape index (κ3) is 5.79. The van der Waals surface area contributed by atoms with Crippen molar-refractivity contribution in [2.24, 2.45) is 0 Å². The summed E-state index contributed by atoms with van der Waals surface area (Å²) in [6, 6.07) is 9.17. The molecule has 2 N–H and O–H groups in total. The molecule has 1 amide bonds. The van der Waals surface area contributed by atoms with Gasteiger partial charge >= 0.3 is 6.09 Å². The van der Waals surface area contributed by atoms with Gasteiger partial charge in [0.05, 0.1) is 12.9 Å². The summed E-state index contributed by atoms with van der Waals surface area (Å²) < 4.78 is 7.48. The number of fused-ring (bicyclic) bond motifs is 3. The first kappa shape index (κ1) is 27.4. The van der Waals surface area contributed by atoms with Gasteiger partial charge in [0.15, 0.2) is 11.5 Å². The van der Waals surface area contributed by atoms with Crippen molar-refractivity contribution in [3.8, 4) is 0 Å². The molecular formula is C23H32ClN7O2S2. The number of anilines is 1. The van der Waals surface area contributed by atoms with Crippen LogP contribution in [0.25, 0.3) is 11.2 Å². The van der Waals surface area contributed by atoms with E-state index in [0.29, 0.717) is 23.8 Å². The number of hydrogen-bond acceptors (Lipinski definition) is 7. The number of carbonyl (C=O) groups is 1. The van der Waals surface area contributed by atoms with Crippen LogP contribution in [0.5, 0.6) is 0 Å². The van der Waals surface area contributed by atoms with E-state index in [1.165, 1.54) is 5.56 Å². The summed E-state index contributed by atoms with van der Waals surface area (Å²) in [6.45, 7) is 8.82. The van der Waals surface area contributed by atoms with E-state index in [-0.39, 0.29) is 50.2 Å². The van der Waals surface area contributed by atoms with Gasteiger partial charge in [-0.3, -0.25) is 4.90 Å². The fourth-order valence-corrected chi connectivity index (χ4v) is 4.89. The third-order valence-corrected chi connectivity index (χ3v) is 6.38. The molecule has 0 unspecified atom stereocenters. The molecule has 2 bridgehead atoms. The minimum Gasteiger partial charge on any atom is -0.444 e. The molecule has 2 aliphatic rings. The van der Waals surface area contributed by atoms with Crippen LogP contribution < -0.4 is 5.73 Å². The number of carbonyl (C=O) groups excluding carboxylic acids is 1. The fourth-order valence-electron chi connectivity index (χ4n) is 4.72. The van der Waals surface area contributed by atoms with E-state index >= 15 is 0 Å². The number of amides is 1. The van der Waals surface area contributed by atoms with Gasteiger partial charge in [-0.1, -0.05) is 24.3 Å². The lowest BCUT2D eigenvalue weighted by atomic mass is 10.1. The summed E-state index contributed by atoms with van der Waals surface area (Å²) in [5.41, 5.74) is 8.99. The molecule has 0 saturated carbocycles. The zero-order valence-electron chi connectivity index (χ0n) is 20.0. The van der Waals surface area contributed by atoms with Crippen LogP contribution in [-0.2, 0) is 17.8 Å². The normalized spacial score (nSPS) is 19.5. The number of imidazole rings is 1. The largest absolute Gasteiger partial charge is 0.444 e. The predicted octanol–water partition coefficient (Wildman–Crippen LogP) is 3.53. The highest BCUT2D eigenvalue weighted by atomic mass is 35.5. The molecule has 2 atom stereocenters. The molecule has 1 aromatic carbocycles. The lowest BCUT2D eigenvalue weighted by Gasteiger charge is -2.35. The minimum absolute atomic E-state index is 0. The van der Waals surface area contributed by atoms with Gasteiger partial charge < -0.3 is 19.9 Å². The van der Waals surface area contributed by atoms with Crippen molar-refractivity contribution < 1.29 is 9.53 Å². The lowest BCUT2D eigenvalue weighted by Crippen LogP contribution is -2.49. The average molecular weight is 538 g/mol. The van der Waals surface area contributed by atoms with Crippen molar-refractivity contribution in [2.75, 3.05) is 18.8 Å². The number of hydrogen-bond donors (Lipinski definition) is 1. The highest BCUT2D eigenvalue weighted by Crippen LogP contribution is 2.33. The molecule has 2 saturated heterocycles. The third-order valence-electron chi connectivity index (χ3n) is 6.21. The molecule has 2 aromatic heterocycles. The topological polar surface area (TPSA) is 102 Å². The number of nitrogen functional groups attached to an aromatic ring is 1. The summed E-state index contributed by atoms with van der Waals surface area (Å²) in [7, 11) is 0. The Kier molecular flexibility index (Phi) is 8.15. The molecular weight excluding hydrogens is 506 g/mol. The number of nitrogens with zero attached hydrogens (tertiary/aromatic N) is 6. The number of halogens is 1. The SMILES string of the molecule is CC(C)(C)OC(=O)N1C[C@@H]2C[C@H]1CN2Cc1ccc(Cn2cnc3c(N)nc(Cl)nc32)cc1.S.S. The Balaban J connectivity index is 0.00000171. The molecule has 0 radical (unpaired) electrons. The summed E-state index contributed by atoms with van der Waals surface area (Å²) in [6.07, 6.45) is 2.52. The molecule has 9 nitrogen and oxygen atoms in total. The van der Waals surface area contributed by atoms with Crippen LogP contribution in [0.3, 0.4) is 0 Å². The summed E-state index contributed by atoms with van der Waals surface area (Å²) >= 11 is 5.96. The molecule has 2 fully saturated rings. The van der Waals surface area contributed by atoms with Gasteiger partial charge in [-0.25, -0.2) is 9.78 Å². The van der Waals surface area contributed by atoms with Crippen molar-refractivity contribution in [2.45, 2.75) is 58.0 Å². The Bertz CT molecular complexity index is 1200. The van der Waals surface area contributed by atoms with Crippen molar-refractivity contribution >= 4 is 61.7 Å². The number of aromatic nitrogens is 4. The highest BCUT2D eigenvalue weighted by molar-refractivity contribution is 7.59. The maximum Gasteiger partial charge on any atom is 0.410 e. The van der Waals surface area contributed by atoms with Gasteiger partial charge in [-0.05, 0) is 49.9 Å². The standard InChI is InChI=1S/C23H28ClN7O2.2H2S/c1-23(2,3)33-22(32)31-12-16-8-17(31)11-29(16)9-14-4-6-15(7-5-14)10-30-13-26-18-19(25)27-21(24)28-20(18)30;;/h4-7,13,16-17H,8-12H2,1-3H3,(H2,25,27,28);2*1H2/t16-,17-;;/m0../s1. The number of benzene rings is 1. The van der Waals surface area contributed by atoms with Crippen LogP contribution in [0.1, 0.15) is 38.3 Å². The number of piperazine rings is 1. The number of likely N-dealkylation sites (tertiary alicyclic amines) is 2. The van der Waals surface area contributed by atoms with E-state index in [1.807, 2.05) is 30.2 Å². The second-order valence-electron chi connectivity index (χ2n) is 9.84. The van der Waals surface area contributed by atoms with Gasteiger partial charge in [0.2, 0.25) is 5.28 Å². The average Bonchev–Trinajstić information content (AvgIpc) is 3.43. The first-order chi connectivity index (χ1) is 15.7. The second-order valence-corrected chi connectivity index (χ2v) is 10.2. The monoisotopic (exact) mass is 537 g/mol. The quantitative estimate of drug-likeness (QED) is 0.508.